The molecule has 0 bridgehead atoms. The second-order valence-corrected chi connectivity index (χ2v) is 8.97. The number of aromatic amines is 1. The molecule has 0 atom stereocenters. The van der Waals surface area contributed by atoms with Crippen LogP contribution in [0.3, 0.4) is 0 Å². The first-order valence-corrected chi connectivity index (χ1v) is 14.0. The molecule has 3 amide bonds. The molecular weight excluding hydrogens is 698 g/mol. The van der Waals surface area contributed by atoms with Gasteiger partial charge in [0, 0.05) is 24.9 Å². The molecule has 48 heavy (non-hydrogen) atoms. The Labute approximate surface area is 369 Å². The maximum Gasteiger partial charge on any atom is 1.00 e. The molecule has 0 saturated carbocycles. The van der Waals surface area contributed by atoms with Crippen LogP contribution in [0.15, 0.2) is 77.6 Å². The first kappa shape index (κ1) is 50.1. The molecule has 0 radical (unpaired) electrons. The van der Waals surface area contributed by atoms with E-state index in [0.717, 1.165) is 17.8 Å². The number of nitrogens with one attached hydrogen (secondary N) is 2. The predicted octanol–water partition coefficient (Wildman–Crippen LogP) is -3.30. The van der Waals surface area contributed by atoms with E-state index < -0.39 is 11.8 Å². The fourth-order valence-corrected chi connectivity index (χ4v) is 3.07. The number of hydrogen-bond donors (Lipinski definition) is 5. The van der Waals surface area contributed by atoms with Crippen LogP contribution in [-0.4, -0.2) is 39.4 Å². The first-order valence-electron chi connectivity index (χ1n) is 13.6. The molecule has 248 valence electrons. The Bertz CT molecular complexity index is 1660. The minimum atomic E-state index is -0.544. The summed E-state index contributed by atoms with van der Waals surface area (Å²) in [5, 5.41) is 11.4. The zero-order valence-corrected chi connectivity index (χ0v) is 34.5. The van der Waals surface area contributed by atoms with Gasteiger partial charge < -0.3 is 39.1 Å². The number of fused-ring (bicyclic) bond motifs is 1. The topological polar surface area (TPSA) is 253 Å². The van der Waals surface area contributed by atoms with Crippen molar-refractivity contribution in [2.45, 2.75) is 40.0 Å². The van der Waals surface area contributed by atoms with Crippen molar-refractivity contribution in [3.05, 3.63) is 100 Å². The van der Waals surface area contributed by atoms with Crippen LogP contribution in [0.1, 0.15) is 61.6 Å². The Morgan fingerprint density at radius 3 is 1.81 bits per heavy atom. The number of H-pyrrole nitrogens is 1. The van der Waals surface area contributed by atoms with Gasteiger partial charge in [0.1, 0.15) is 5.82 Å². The summed E-state index contributed by atoms with van der Waals surface area (Å²) in [4.78, 5) is 71.9. The third kappa shape index (κ3) is 20.9. The third-order valence-electron chi connectivity index (χ3n) is 5.33. The standard InChI is InChI=1S/C10H12N2O2.C10H10N2O.C7H8N2O.C3H5ClO.CH2O3.2K.H/c1-2-9(13)12-8-6-4-3-5-7(8)10(11)14;1-2-9-11-8-6-4-3-5-7(8)10(13)12-9;8-6-4-2-1-3-5(6)7(9)10;1-2-3(4)5;2-1-4-3;;;/h3-6H,2H2,1H3,(H2,11,14)(H,12,13);3-6H,2H2,1H3,(H,11,12,13);1-4H,8H2,(H2,9,10);2H2,1H3;1,3H;;;/q;;;;;2*+1;-1/p-1. The molecule has 0 aliphatic rings. The summed E-state index contributed by atoms with van der Waals surface area (Å²) in [5.74, 6) is -0.433. The molecule has 8 N–H and O–H groups in total. The molecule has 0 aliphatic carbocycles. The number of primary amides is 2. The van der Waals surface area contributed by atoms with Crippen molar-refractivity contribution in [3.63, 3.8) is 0 Å². The van der Waals surface area contributed by atoms with Crippen LogP contribution in [0.25, 0.3) is 10.9 Å². The summed E-state index contributed by atoms with van der Waals surface area (Å²) in [7, 11) is 0. The summed E-state index contributed by atoms with van der Waals surface area (Å²) in [6, 6.07) is 20.7. The normalized spacial score (nSPS) is 8.77. The number of hydrogen-bond acceptors (Lipinski definition) is 10. The smallest absolute Gasteiger partial charge is 1.00 e. The maximum absolute atomic E-state index is 11.5. The largest absolute Gasteiger partial charge is 1.00 e. The van der Waals surface area contributed by atoms with Gasteiger partial charge in [0.2, 0.25) is 11.1 Å². The van der Waals surface area contributed by atoms with E-state index in [1.807, 2.05) is 25.1 Å². The number of benzene rings is 3. The van der Waals surface area contributed by atoms with Crippen LogP contribution < -0.4 is 136 Å². The van der Waals surface area contributed by atoms with Gasteiger partial charge in [-0.1, -0.05) is 57.2 Å². The minimum Gasteiger partial charge on any atom is -1.00 e. The number of anilines is 2. The first-order chi connectivity index (χ1) is 21.9. The van der Waals surface area contributed by atoms with Gasteiger partial charge in [0.15, 0.2) is 0 Å². The van der Waals surface area contributed by atoms with Crippen molar-refractivity contribution in [1.82, 2.24) is 9.97 Å². The average Bonchev–Trinajstić information content (AvgIpc) is 3.05. The number of carbonyl (C=O) groups is 5. The van der Waals surface area contributed by atoms with Gasteiger partial charge in [0.25, 0.3) is 23.8 Å². The molecule has 1 heterocycles. The monoisotopic (exact) mass is 734 g/mol. The predicted molar refractivity (Wildman–Crippen MR) is 174 cm³/mol. The number of nitrogens with zero attached hydrogens (tertiary/aromatic N) is 1. The van der Waals surface area contributed by atoms with Crippen LogP contribution in [0, 0.1) is 0 Å². The molecular formula is C31H37ClK2N6O8. The maximum atomic E-state index is 11.5. The summed E-state index contributed by atoms with van der Waals surface area (Å²) >= 11 is 4.82. The van der Waals surface area contributed by atoms with Gasteiger partial charge in [-0.2, -0.15) is 0 Å². The average molecular weight is 735 g/mol. The van der Waals surface area contributed by atoms with E-state index in [2.05, 4.69) is 20.2 Å². The Balaban J connectivity index is -0.000000271. The van der Waals surface area contributed by atoms with Gasteiger partial charge in [-0.3, -0.25) is 28.8 Å². The second kappa shape index (κ2) is 29.6. The number of aromatic nitrogens is 2. The van der Waals surface area contributed by atoms with E-state index in [1.165, 1.54) is 0 Å². The van der Waals surface area contributed by atoms with Crippen LogP contribution in [0.2, 0.25) is 0 Å². The van der Waals surface area contributed by atoms with Gasteiger partial charge in [0.05, 0.1) is 27.7 Å². The van der Waals surface area contributed by atoms with Gasteiger partial charge in [-0.05, 0) is 48.0 Å². The molecule has 17 heteroatoms. The fourth-order valence-electron chi connectivity index (χ4n) is 3.07. The molecule has 0 aliphatic heterocycles. The summed E-state index contributed by atoms with van der Waals surface area (Å²) in [6.07, 6.45) is 1.55. The zero-order valence-electron chi connectivity index (χ0n) is 28.5. The van der Waals surface area contributed by atoms with Crippen LogP contribution >= 0.6 is 11.6 Å². The zero-order chi connectivity index (χ0) is 35.1. The molecule has 0 fully saturated rings. The fraction of sp³-hybridized carbons (Fsp3) is 0.194. The van der Waals surface area contributed by atoms with Crippen molar-refractivity contribution in [1.29, 1.82) is 0 Å². The summed E-state index contributed by atoms with van der Waals surface area (Å²) in [5.41, 5.74) is 17.9. The Morgan fingerprint density at radius 2 is 1.38 bits per heavy atom. The van der Waals surface area contributed by atoms with Crippen LogP contribution in [0.4, 0.5) is 11.4 Å². The third-order valence-corrected chi connectivity index (χ3v) is 5.60. The van der Waals surface area contributed by atoms with Gasteiger partial charge >= 0.3 is 103 Å². The van der Waals surface area contributed by atoms with E-state index in [4.69, 9.17) is 38.9 Å². The van der Waals surface area contributed by atoms with E-state index in [-0.39, 0.29) is 127 Å². The van der Waals surface area contributed by atoms with E-state index in [0.29, 0.717) is 40.7 Å². The molecule has 4 rings (SSSR count). The number of amides is 3. The SMILES string of the molecule is CCC(=O)Cl.CCC(=O)Nc1ccccc1C(N)=O.CCc1nc2ccccc2c(=O)[nH]1.NC(=O)c1ccccc1N.O=CO[O-].[H-].[K+].[K+]. The molecule has 3 aromatic carbocycles. The molecule has 0 unspecified atom stereocenters. The molecule has 4 aromatic rings. The van der Waals surface area contributed by atoms with Crippen molar-refractivity contribution in [2.24, 2.45) is 11.5 Å². The van der Waals surface area contributed by atoms with Gasteiger partial charge in [-0.25, -0.2) is 4.98 Å². The molecule has 1 aromatic heterocycles. The molecule has 14 nitrogen and oxygen atoms in total. The van der Waals surface area contributed by atoms with Crippen molar-refractivity contribution < 1.29 is 138 Å². The Morgan fingerprint density at radius 1 is 0.896 bits per heavy atom. The number of nitrogen functional groups attached to an aromatic ring is 1. The Kier molecular flexibility index (Phi) is 30.8. The van der Waals surface area contributed by atoms with Gasteiger partial charge in [-0.15, -0.1) is 0 Å². The molecule has 0 saturated heterocycles. The van der Waals surface area contributed by atoms with Crippen molar-refractivity contribution >= 4 is 63.3 Å². The number of nitrogens with two attached hydrogens (primary N) is 3. The van der Waals surface area contributed by atoms with E-state index in [9.17, 15) is 24.0 Å². The van der Waals surface area contributed by atoms with E-state index >= 15 is 0 Å². The number of carbonyl (C=O) groups excluding carboxylic acids is 5. The number of rotatable bonds is 7. The van der Waals surface area contributed by atoms with Crippen molar-refractivity contribution in [2.75, 3.05) is 11.1 Å². The number of aryl methyl sites for hydroxylation is 1. The molecule has 0 spiro atoms. The van der Waals surface area contributed by atoms with E-state index in [1.54, 1.807) is 68.4 Å². The summed E-state index contributed by atoms with van der Waals surface area (Å²) < 4.78 is 0. The second-order valence-electron chi connectivity index (χ2n) is 8.55. The van der Waals surface area contributed by atoms with Crippen LogP contribution in [-0.2, 0) is 25.7 Å². The quantitative estimate of drug-likeness (QED) is 0.0316. The van der Waals surface area contributed by atoms with Crippen LogP contribution in [0.5, 0.6) is 0 Å². The summed E-state index contributed by atoms with van der Waals surface area (Å²) in [6.45, 7) is 5.24. The van der Waals surface area contributed by atoms with Crippen molar-refractivity contribution in [3.8, 4) is 0 Å². The minimum absolute atomic E-state index is 0. The number of para-hydroxylation sites is 3. The Hall–Kier alpha value is -2.33. The number of halogens is 1.